The average Bonchev–Trinajstić information content (AvgIpc) is 0.718. The number of esters is 5. The molecule has 20 saturated carbocycles. The Morgan fingerprint density at radius 3 is 0.802 bits per heavy atom. The maximum Gasteiger partial charge on any atom is 0.312 e. The average molecular weight is 1350 g/mol. The Balaban J connectivity index is 0.000000122. The summed E-state index contributed by atoms with van der Waals surface area (Å²) in [4.78, 5) is 61.0. The smallest absolute Gasteiger partial charge is 0.312 e. The van der Waals surface area contributed by atoms with E-state index in [0.717, 1.165) is 116 Å². The Labute approximate surface area is 571 Å². The van der Waals surface area contributed by atoms with Gasteiger partial charge in [-0.05, 0) is 198 Å². The fraction of sp³-hybridized carbons (Fsp3) is 0.935. The molecular formula is C77H124O19. The summed E-state index contributed by atoms with van der Waals surface area (Å²) in [5.41, 5.74) is -11.6. The topological polar surface area (TPSA) is 314 Å². The predicted molar refractivity (Wildman–Crippen MR) is 355 cm³/mol. The molecule has 11 unspecified atom stereocenters. The number of hydrogen-bond acceptors (Lipinski definition) is 19. The van der Waals surface area contributed by atoms with Gasteiger partial charge in [0.15, 0.2) is 0 Å². The highest BCUT2D eigenvalue weighted by atomic mass is 16.6. The van der Waals surface area contributed by atoms with Crippen LogP contribution >= 0.6 is 0 Å². The molecule has 9 N–H and O–H groups in total. The third-order valence-electron chi connectivity index (χ3n) is 27.3. The summed E-state index contributed by atoms with van der Waals surface area (Å²) in [5, 5.41) is 95.5. The molecule has 20 bridgehead atoms. The molecular weight excluding hydrogens is 1230 g/mol. The molecule has 0 aromatic carbocycles. The molecule has 19 heteroatoms. The van der Waals surface area contributed by atoms with Gasteiger partial charge in [-0.1, -0.05) is 55.4 Å². The number of aliphatic hydroxyl groups is 9. The van der Waals surface area contributed by atoms with Crippen LogP contribution in [0.15, 0.2) is 0 Å². The first kappa shape index (κ1) is 74.2. The molecule has 0 aromatic rings. The van der Waals surface area contributed by atoms with Crippen molar-refractivity contribution in [1.29, 1.82) is 0 Å². The fourth-order valence-corrected chi connectivity index (χ4v) is 24.1. The van der Waals surface area contributed by atoms with Crippen molar-refractivity contribution >= 4 is 29.8 Å². The van der Waals surface area contributed by atoms with Gasteiger partial charge < -0.3 is 69.6 Å². The second-order valence-electron chi connectivity index (χ2n) is 38.4. The van der Waals surface area contributed by atoms with E-state index in [1.165, 1.54) is 12.8 Å². The third kappa shape index (κ3) is 15.2. The minimum absolute atomic E-state index is 0.0207. The van der Waals surface area contributed by atoms with Gasteiger partial charge in [-0.15, -0.1) is 0 Å². The van der Waals surface area contributed by atoms with Crippen molar-refractivity contribution in [3.63, 3.8) is 0 Å². The van der Waals surface area contributed by atoms with Crippen LogP contribution in [0.5, 0.6) is 0 Å². The number of rotatable bonds is 15. The standard InChI is InChI=1S/C16H26O4.C16H26O3.C15H24O5.C15H24O4.C15H24O3/c1-4-13(2,3)12(17)20-16-7-11-5-14(18,9-16)8-15(19,6-11)10-16;1-4-14(2,3)13(17)19-16-8-11-5-12(9-16)7-15(18,6-11)10-16;1-3-10(2)11(16)20-15-7-12(17)4-13(18,8-15)6-14(19,5-12)9-15;1-3-10(2)12(16)19-15-6-11-4-13(17,8-15)7-14(18,5-11)9-15;1-3-10(2)13(16)18-15-7-11-4-12(8-15)6-14(17,5-11)9-15/h11,18-19H,4-10H2,1-3H3;11-12,18H,4-10H2,1-3H3;10,17-19H,3-9H2,1-2H3;10-11,17-18H,3-9H2,1-2H3;10-12,17H,3-9H2,1-2H3. The molecule has 0 heterocycles. The van der Waals surface area contributed by atoms with E-state index >= 15 is 0 Å². The minimum atomic E-state index is -1.12. The maximum atomic E-state index is 12.4. The molecule has 11 atom stereocenters. The van der Waals surface area contributed by atoms with Gasteiger partial charge in [-0.25, -0.2) is 0 Å². The van der Waals surface area contributed by atoms with Crippen LogP contribution < -0.4 is 0 Å². The molecule has 0 radical (unpaired) electrons. The highest BCUT2D eigenvalue weighted by Crippen LogP contribution is 2.66. The Bertz CT molecular complexity index is 2830. The molecule has 0 amide bonds. The van der Waals surface area contributed by atoms with E-state index in [4.69, 9.17) is 23.7 Å². The molecule has 20 aliphatic rings. The molecule has 19 nitrogen and oxygen atoms in total. The molecule has 546 valence electrons. The van der Waals surface area contributed by atoms with Gasteiger partial charge in [0.05, 0.1) is 79.0 Å². The Morgan fingerprint density at radius 2 is 0.521 bits per heavy atom. The monoisotopic (exact) mass is 1350 g/mol. The Kier molecular flexibility index (Phi) is 19.2. The summed E-state index contributed by atoms with van der Waals surface area (Å²) >= 11 is 0. The summed E-state index contributed by atoms with van der Waals surface area (Å²) in [5.74, 6) is 1.65. The summed E-state index contributed by atoms with van der Waals surface area (Å²) in [6, 6.07) is 0. The molecule has 0 spiro atoms. The zero-order valence-corrected chi connectivity index (χ0v) is 60.6. The first-order valence-corrected chi connectivity index (χ1v) is 37.8. The van der Waals surface area contributed by atoms with Crippen molar-refractivity contribution in [2.24, 2.45) is 64.1 Å². The van der Waals surface area contributed by atoms with Gasteiger partial charge in [0, 0.05) is 89.9 Å². The van der Waals surface area contributed by atoms with Gasteiger partial charge in [0.1, 0.15) is 28.0 Å². The van der Waals surface area contributed by atoms with Crippen LogP contribution in [0.2, 0.25) is 0 Å². The SMILES string of the molecule is CCC(C)(C)C(=O)OC12CC3CC(CC(O)(C3)C1)C2.CCC(C)(C)C(=O)OC12CC3CC(O)(CC(O)(C3)C1)C2.CCC(C)C(=O)OC12CC3(O)CC(O)(CC(O)(C3)C1)C2.CCC(C)C(=O)OC12CC3CC(CC(O)(C3)C1)C2.CCC(C)C(=O)OC12CC3CC(O)(CC(O)(C3)C1)C2. The zero-order valence-electron chi connectivity index (χ0n) is 60.6. The van der Waals surface area contributed by atoms with Crippen molar-refractivity contribution in [1.82, 2.24) is 0 Å². The van der Waals surface area contributed by atoms with E-state index in [-0.39, 0.29) is 89.9 Å². The number of ether oxygens (including phenoxy) is 5. The lowest BCUT2D eigenvalue weighted by Crippen LogP contribution is -2.72. The van der Waals surface area contributed by atoms with Crippen LogP contribution in [-0.2, 0) is 47.7 Å². The Morgan fingerprint density at radius 1 is 0.302 bits per heavy atom. The van der Waals surface area contributed by atoms with Gasteiger partial charge in [-0.2, -0.15) is 0 Å². The summed E-state index contributed by atoms with van der Waals surface area (Å²) < 4.78 is 29.2. The van der Waals surface area contributed by atoms with Crippen LogP contribution in [0.4, 0.5) is 0 Å². The van der Waals surface area contributed by atoms with Crippen LogP contribution in [0.1, 0.15) is 308 Å². The quantitative estimate of drug-likeness (QED) is 0.0543. The van der Waals surface area contributed by atoms with E-state index in [9.17, 15) is 69.9 Å². The third-order valence-corrected chi connectivity index (χ3v) is 27.3. The molecule has 20 rings (SSSR count). The lowest BCUT2D eigenvalue weighted by molar-refractivity contribution is -0.301. The van der Waals surface area contributed by atoms with Crippen molar-refractivity contribution in [3.8, 4) is 0 Å². The molecule has 0 aliphatic heterocycles. The highest BCUT2D eigenvalue weighted by Gasteiger charge is 2.71. The number of carbonyl (C=O) groups excluding carboxylic acids is 5. The first-order chi connectivity index (χ1) is 44.2. The number of carbonyl (C=O) groups is 5. The van der Waals surface area contributed by atoms with Crippen molar-refractivity contribution in [3.05, 3.63) is 0 Å². The minimum Gasteiger partial charge on any atom is -0.459 e. The van der Waals surface area contributed by atoms with Crippen molar-refractivity contribution in [2.75, 3.05) is 0 Å². The van der Waals surface area contributed by atoms with Gasteiger partial charge >= 0.3 is 29.8 Å². The maximum absolute atomic E-state index is 12.4. The van der Waals surface area contributed by atoms with Crippen molar-refractivity contribution in [2.45, 2.75) is 386 Å². The van der Waals surface area contributed by atoms with E-state index in [1.54, 1.807) is 6.92 Å². The number of hydrogen-bond donors (Lipinski definition) is 9. The molecule has 96 heavy (non-hydrogen) atoms. The lowest BCUT2D eigenvalue weighted by Gasteiger charge is -2.65. The van der Waals surface area contributed by atoms with Crippen LogP contribution in [0, 0.1) is 64.1 Å². The molecule has 20 fully saturated rings. The van der Waals surface area contributed by atoms with Gasteiger partial charge in [0.2, 0.25) is 0 Å². The molecule has 0 saturated heterocycles. The van der Waals surface area contributed by atoms with Crippen molar-refractivity contribution < 1.29 is 93.6 Å². The van der Waals surface area contributed by atoms with E-state index in [1.807, 2.05) is 76.2 Å². The summed E-state index contributed by atoms with van der Waals surface area (Å²) in [7, 11) is 0. The fourth-order valence-electron chi connectivity index (χ4n) is 24.1. The Hall–Kier alpha value is -3.01. The van der Waals surface area contributed by atoms with E-state index in [0.29, 0.717) is 101 Å². The zero-order chi connectivity index (χ0) is 70.4. The van der Waals surface area contributed by atoms with Crippen LogP contribution in [0.25, 0.3) is 0 Å². The summed E-state index contributed by atoms with van der Waals surface area (Å²) in [6.07, 6.45) is 24.4. The normalized spacial score (nSPS) is 47.7. The lowest BCUT2D eigenvalue weighted by atomic mass is 9.48. The second-order valence-corrected chi connectivity index (χ2v) is 38.4. The van der Waals surface area contributed by atoms with Gasteiger partial charge in [0.25, 0.3) is 0 Å². The van der Waals surface area contributed by atoms with Crippen LogP contribution in [-0.4, -0.2) is 154 Å². The predicted octanol–water partition coefficient (Wildman–Crippen LogP) is 10.5. The second kappa shape index (κ2) is 24.9. The van der Waals surface area contributed by atoms with E-state index in [2.05, 4.69) is 0 Å². The van der Waals surface area contributed by atoms with Crippen LogP contribution in [0.3, 0.4) is 0 Å². The summed E-state index contributed by atoms with van der Waals surface area (Å²) in [6.45, 7) is 23.2. The first-order valence-electron chi connectivity index (χ1n) is 37.8. The highest BCUT2D eigenvalue weighted by molar-refractivity contribution is 5.77. The van der Waals surface area contributed by atoms with Gasteiger partial charge in [-0.3, -0.25) is 24.0 Å². The largest absolute Gasteiger partial charge is 0.459 e. The van der Waals surface area contributed by atoms with E-state index < -0.39 is 78.0 Å². The molecule has 20 aliphatic carbocycles. The molecule has 0 aromatic heterocycles.